The van der Waals surface area contributed by atoms with Crippen LogP contribution < -0.4 is 10.6 Å². The van der Waals surface area contributed by atoms with Gasteiger partial charge in [0.1, 0.15) is 12.1 Å². The summed E-state index contributed by atoms with van der Waals surface area (Å²) in [7, 11) is 0. The SMILES string of the molecule is C=CCNC(=O)C(=O)C(CCCC)NC(=O)[C@@H]1[C@@H]2[C@H](CN1C(=O)[C@@H](N=C=O)C(C)(C)C)C2(C)C. The highest BCUT2D eigenvalue weighted by Gasteiger charge is 2.69. The van der Waals surface area contributed by atoms with E-state index in [1.165, 1.54) is 17.1 Å². The van der Waals surface area contributed by atoms with Gasteiger partial charge in [0.25, 0.3) is 5.91 Å². The number of likely N-dealkylation sites (tertiary alicyclic amines) is 1. The van der Waals surface area contributed by atoms with Crippen LogP contribution in [0.3, 0.4) is 0 Å². The first-order valence-corrected chi connectivity index (χ1v) is 11.9. The van der Waals surface area contributed by atoms with Gasteiger partial charge in [0.15, 0.2) is 0 Å². The first kappa shape index (κ1) is 27.4. The minimum absolute atomic E-state index is 0.0752. The maximum Gasteiger partial charge on any atom is 0.289 e. The van der Waals surface area contributed by atoms with E-state index in [9.17, 15) is 24.0 Å². The molecule has 1 unspecified atom stereocenters. The molecule has 0 aromatic rings. The van der Waals surface area contributed by atoms with Crippen LogP contribution in [0, 0.1) is 22.7 Å². The number of unbranched alkanes of at least 4 members (excludes halogenated alkanes) is 1. The Balaban J connectivity index is 2.29. The number of carbonyl (C=O) groups excluding carboxylic acids is 5. The van der Waals surface area contributed by atoms with E-state index < -0.39 is 47.0 Å². The fourth-order valence-electron chi connectivity index (χ4n) is 4.99. The molecule has 9 heteroatoms. The predicted octanol–water partition coefficient (Wildman–Crippen LogP) is 1.77. The van der Waals surface area contributed by atoms with Crippen LogP contribution >= 0.6 is 0 Å². The molecule has 1 aliphatic carbocycles. The molecule has 1 saturated heterocycles. The van der Waals surface area contributed by atoms with Gasteiger partial charge in [-0.25, -0.2) is 4.79 Å². The first-order chi connectivity index (χ1) is 15.8. The lowest BCUT2D eigenvalue weighted by Crippen LogP contribution is -2.57. The van der Waals surface area contributed by atoms with Crippen molar-refractivity contribution in [3.05, 3.63) is 12.7 Å². The zero-order valence-electron chi connectivity index (χ0n) is 21.1. The van der Waals surface area contributed by atoms with Gasteiger partial charge >= 0.3 is 0 Å². The van der Waals surface area contributed by atoms with Crippen molar-refractivity contribution in [1.82, 2.24) is 15.5 Å². The zero-order valence-corrected chi connectivity index (χ0v) is 21.1. The number of fused-ring (bicyclic) bond motifs is 1. The number of ketones is 1. The second-order valence-electron chi connectivity index (χ2n) is 10.9. The Kier molecular flexibility index (Phi) is 8.59. The molecular weight excluding hydrogens is 436 g/mol. The van der Waals surface area contributed by atoms with E-state index in [-0.39, 0.29) is 23.8 Å². The molecule has 2 fully saturated rings. The van der Waals surface area contributed by atoms with E-state index in [0.29, 0.717) is 19.4 Å². The molecule has 0 aromatic heterocycles. The lowest BCUT2D eigenvalue weighted by atomic mass is 9.85. The molecule has 5 atom stereocenters. The molecule has 2 aliphatic rings. The summed E-state index contributed by atoms with van der Waals surface area (Å²) in [6, 6.07) is -2.75. The van der Waals surface area contributed by atoms with Crippen molar-refractivity contribution in [2.45, 2.75) is 78.9 Å². The van der Waals surface area contributed by atoms with Crippen LogP contribution in [0.2, 0.25) is 0 Å². The smallest absolute Gasteiger partial charge is 0.289 e. The minimum atomic E-state index is -0.985. The van der Waals surface area contributed by atoms with Crippen LogP contribution in [0.5, 0.6) is 0 Å². The topological polar surface area (TPSA) is 125 Å². The Bertz CT molecular complexity index is 884. The molecule has 0 bridgehead atoms. The molecule has 2 rings (SSSR count). The maximum atomic E-state index is 13.5. The van der Waals surface area contributed by atoms with Crippen molar-refractivity contribution in [2.75, 3.05) is 13.1 Å². The average molecular weight is 475 g/mol. The van der Waals surface area contributed by atoms with Gasteiger partial charge in [-0.1, -0.05) is 60.5 Å². The maximum absolute atomic E-state index is 13.5. The number of Topliss-reactive ketones (excluding diaryl/α,β-unsaturated/α-hetero) is 1. The van der Waals surface area contributed by atoms with Crippen molar-refractivity contribution >= 4 is 29.6 Å². The molecular formula is C25H38N4O5. The molecule has 0 aromatic carbocycles. The van der Waals surface area contributed by atoms with Crippen LogP contribution in [0.15, 0.2) is 17.6 Å². The summed E-state index contributed by atoms with van der Waals surface area (Å²) in [5.74, 6) is -2.30. The Morgan fingerprint density at radius 2 is 1.91 bits per heavy atom. The molecule has 34 heavy (non-hydrogen) atoms. The lowest BCUT2D eigenvalue weighted by Gasteiger charge is -2.35. The third kappa shape index (κ3) is 5.63. The Hall–Kier alpha value is -2.80. The summed E-state index contributed by atoms with van der Waals surface area (Å²) >= 11 is 0. The van der Waals surface area contributed by atoms with Crippen molar-refractivity contribution < 1.29 is 24.0 Å². The zero-order chi connectivity index (χ0) is 25.8. The first-order valence-electron chi connectivity index (χ1n) is 11.9. The summed E-state index contributed by atoms with van der Waals surface area (Å²) in [6.45, 7) is 15.5. The van der Waals surface area contributed by atoms with Crippen LogP contribution in [0.25, 0.3) is 0 Å². The highest BCUT2D eigenvalue weighted by atomic mass is 16.2. The number of hydrogen-bond donors (Lipinski definition) is 2. The number of aliphatic imine (C=N–C) groups is 1. The molecule has 0 spiro atoms. The van der Waals surface area contributed by atoms with E-state index in [2.05, 4.69) is 36.1 Å². The van der Waals surface area contributed by atoms with E-state index in [1.54, 1.807) is 20.8 Å². The monoisotopic (exact) mass is 474 g/mol. The van der Waals surface area contributed by atoms with Crippen LogP contribution in [-0.4, -0.2) is 65.7 Å². The summed E-state index contributed by atoms with van der Waals surface area (Å²) in [4.78, 5) is 68.2. The second-order valence-corrected chi connectivity index (χ2v) is 10.9. The van der Waals surface area contributed by atoms with E-state index >= 15 is 0 Å². The van der Waals surface area contributed by atoms with Gasteiger partial charge < -0.3 is 15.5 Å². The van der Waals surface area contributed by atoms with Crippen molar-refractivity contribution in [1.29, 1.82) is 0 Å². The normalized spacial score (nSPS) is 24.2. The van der Waals surface area contributed by atoms with Gasteiger partial charge in [0, 0.05) is 13.1 Å². The largest absolute Gasteiger partial charge is 0.346 e. The van der Waals surface area contributed by atoms with Crippen molar-refractivity contribution in [3.8, 4) is 0 Å². The van der Waals surface area contributed by atoms with Gasteiger partial charge in [-0.15, -0.1) is 6.58 Å². The molecule has 0 radical (unpaired) electrons. The summed E-state index contributed by atoms with van der Waals surface area (Å²) in [5, 5.41) is 5.23. The van der Waals surface area contributed by atoms with Crippen LogP contribution in [0.1, 0.15) is 60.8 Å². The number of carbonyl (C=O) groups is 4. The highest BCUT2D eigenvalue weighted by molar-refractivity contribution is 6.38. The van der Waals surface area contributed by atoms with E-state index in [4.69, 9.17) is 0 Å². The van der Waals surface area contributed by atoms with Gasteiger partial charge in [-0.2, -0.15) is 4.99 Å². The fourth-order valence-corrected chi connectivity index (χ4v) is 4.99. The number of amides is 3. The highest BCUT2D eigenvalue weighted by Crippen LogP contribution is 2.65. The number of hydrogen-bond acceptors (Lipinski definition) is 6. The van der Waals surface area contributed by atoms with Gasteiger partial charge in [0.05, 0.1) is 6.04 Å². The third-order valence-electron chi connectivity index (χ3n) is 7.11. The lowest BCUT2D eigenvalue weighted by molar-refractivity contribution is -0.144. The third-order valence-corrected chi connectivity index (χ3v) is 7.11. The number of piperidine rings is 1. The Morgan fingerprint density at radius 3 is 2.44 bits per heavy atom. The molecule has 1 heterocycles. The molecule has 1 aliphatic heterocycles. The van der Waals surface area contributed by atoms with Crippen LogP contribution in [0.4, 0.5) is 0 Å². The van der Waals surface area contributed by atoms with Crippen molar-refractivity contribution in [3.63, 3.8) is 0 Å². The number of isocyanates is 1. The summed E-state index contributed by atoms with van der Waals surface area (Å²) < 4.78 is 0. The molecule has 3 amide bonds. The number of nitrogens with one attached hydrogen (secondary N) is 2. The van der Waals surface area contributed by atoms with Gasteiger partial charge in [0.2, 0.25) is 23.7 Å². The quantitative estimate of drug-likeness (QED) is 0.204. The molecule has 2 N–H and O–H groups in total. The summed E-state index contributed by atoms with van der Waals surface area (Å²) in [6.07, 6.45) is 4.72. The van der Waals surface area contributed by atoms with Gasteiger partial charge in [-0.3, -0.25) is 19.2 Å². The van der Waals surface area contributed by atoms with Crippen molar-refractivity contribution in [2.24, 2.45) is 27.7 Å². The standard InChI is InChI=1S/C25H38N4O5/c1-8-10-11-16(19(31)22(33)26-12-9-2)28-21(32)18-17-15(25(17,6)7)13-29(18)23(34)20(27-14-30)24(3,4)5/h9,15-18,20H,2,8,10-13H2,1,3-7H3,(H,26,33)(H,28,32)/t15-,16?,17-,18-,20+/m0/s1. The van der Waals surface area contributed by atoms with E-state index in [1.807, 2.05) is 6.92 Å². The number of nitrogens with zero attached hydrogens (tertiary/aromatic N) is 2. The fraction of sp³-hybridized carbons (Fsp3) is 0.720. The Labute approximate surface area is 201 Å². The van der Waals surface area contributed by atoms with E-state index in [0.717, 1.165) is 6.42 Å². The minimum Gasteiger partial charge on any atom is -0.346 e. The van der Waals surface area contributed by atoms with Gasteiger partial charge in [-0.05, 0) is 29.1 Å². The molecule has 188 valence electrons. The summed E-state index contributed by atoms with van der Waals surface area (Å²) in [5.41, 5.74) is -0.769. The molecule has 9 nitrogen and oxygen atoms in total. The predicted molar refractivity (Wildman–Crippen MR) is 127 cm³/mol. The molecule has 1 saturated carbocycles. The Morgan fingerprint density at radius 1 is 1.26 bits per heavy atom. The van der Waals surface area contributed by atoms with Crippen LogP contribution in [-0.2, 0) is 24.0 Å². The average Bonchev–Trinajstić information content (AvgIpc) is 3.11. The second kappa shape index (κ2) is 10.6. The number of rotatable bonds is 11.